The third kappa shape index (κ3) is 4.08. The summed E-state index contributed by atoms with van der Waals surface area (Å²) in [5.74, 6) is 2.16. The van der Waals surface area contributed by atoms with E-state index in [1.54, 1.807) is 25.2 Å². The number of amides is 1. The summed E-state index contributed by atoms with van der Waals surface area (Å²) in [7, 11) is 2.95. The lowest BCUT2D eigenvalue weighted by Crippen LogP contribution is -2.28. The highest BCUT2D eigenvalue weighted by molar-refractivity contribution is 5.88. The fraction of sp³-hybridized carbons (Fsp3) is 0.185. The quantitative estimate of drug-likeness (QED) is 0.437. The van der Waals surface area contributed by atoms with Crippen LogP contribution < -0.4 is 4.90 Å². The van der Waals surface area contributed by atoms with Crippen LogP contribution >= 0.6 is 0 Å². The Morgan fingerprint density at radius 3 is 2.22 bits per heavy atom. The zero-order chi connectivity index (χ0) is 22.7. The van der Waals surface area contributed by atoms with Crippen molar-refractivity contribution in [3.8, 4) is 23.5 Å². The maximum Gasteiger partial charge on any atom is 0.414 e. The van der Waals surface area contributed by atoms with Gasteiger partial charge in [-0.2, -0.15) is 0 Å². The van der Waals surface area contributed by atoms with E-state index in [1.807, 2.05) is 24.3 Å². The molecule has 1 aliphatic carbocycles. The highest BCUT2D eigenvalue weighted by Crippen LogP contribution is 2.44. The highest BCUT2D eigenvalue weighted by Gasteiger charge is 2.29. The first-order chi connectivity index (χ1) is 15.5. The largest absolute Gasteiger partial charge is 0.469 e. The van der Waals surface area contributed by atoms with Crippen LogP contribution in [0.1, 0.15) is 28.2 Å². The Labute approximate surface area is 187 Å². The molecule has 5 nitrogen and oxygen atoms in total. The molecule has 1 aliphatic rings. The molecule has 0 unspecified atom stereocenters. The lowest BCUT2D eigenvalue weighted by molar-refractivity contribution is -0.139. The number of hydrogen-bond donors (Lipinski definition) is 0. The molecule has 0 fully saturated rings. The first kappa shape index (κ1) is 21.2. The van der Waals surface area contributed by atoms with Crippen LogP contribution in [0, 0.1) is 12.3 Å². The second kappa shape index (κ2) is 8.99. The Hall–Kier alpha value is -4.04. The fourth-order valence-corrected chi connectivity index (χ4v) is 4.09. The Balaban J connectivity index is 1.52. The van der Waals surface area contributed by atoms with E-state index in [1.165, 1.54) is 23.1 Å². The number of benzene rings is 3. The van der Waals surface area contributed by atoms with Crippen LogP contribution in [0.3, 0.4) is 0 Å². The van der Waals surface area contributed by atoms with Crippen LogP contribution in [0.25, 0.3) is 11.1 Å². The van der Waals surface area contributed by atoms with Crippen molar-refractivity contribution in [1.29, 1.82) is 0 Å². The van der Waals surface area contributed by atoms with Gasteiger partial charge in [-0.05, 0) is 46.0 Å². The van der Waals surface area contributed by atoms with E-state index in [9.17, 15) is 9.59 Å². The van der Waals surface area contributed by atoms with Gasteiger partial charge in [-0.3, -0.25) is 9.69 Å². The van der Waals surface area contributed by atoms with Crippen LogP contribution in [0.2, 0.25) is 0 Å². The molecule has 32 heavy (non-hydrogen) atoms. The summed E-state index contributed by atoms with van der Waals surface area (Å²) in [5.41, 5.74) is 6.44. The lowest BCUT2D eigenvalue weighted by atomic mass is 9.98. The molecule has 0 saturated carbocycles. The average Bonchev–Trinajstić information content (AvgIpc) is 3.15. The number of esters is 1. The highest BCUT2D eigenvalue weighted by atomic mass is 16.6. The van der Waals surface area contributed by atoms with Gasteiger partial charge in [0.1, 0.15) is 6.61 Å². The molecule has 160 valence electrons. The Kier molecular flexibility index (Phi) is 5.96. The van der Waals surface area contributed by atoms with E-state index < -0.39 is 6.09 Å². The summed E-state index contributed by atoms with van der Waals surface area (Å²) in [6, 6.07) is 21.5. The van der Waals surface area contributed by atoms with Crippen molar-refractivity contribution in [2.45, 2.75) is 12.3 Å². The molecule has 3 aromatic carbocycles. The zero-order valence-corrected chi connectivity index (χ0v) is 18.0. The molecule has 0 saturated heterocycles. The van der Waals surface area contributed by atoms with Gasteiger partial charge in [0.15, 0.2) is 0 Å². The van der Waals surface area contributed by atoms with Crippen molar-refractivity contribution in [2.24, 2.45) is 0 Å². The topological polar surface area (TPSA) is 55.8 Å². The van der Waals surface area contributed by atoms with E-state index in [0.717, 1.165) is 11.1 Å². The molecule has 0 aliphatic heterocycles. The van der Waals surface area contributed by atoms with Crippen LogP contribution in [0.4, 0.5) is 10.5 Å². The third-order valence-electron chi connectivity index (χ3n) is 5.72. The maximum absolute atomic E-state index is 12.9. The first-order valence-corrected chi connectivity index (χ1v) is 10.3. The average molecular weight is 425 g/mol. The summed E-state index contributed by atoms with van der Waals surface area (Å²) in [4.78, 5) is 25.9. The number of nitrogens with zero attached hydrogens (tertiary/aromatic N) is 1. The molecule has 1 amide bonds. The number of terminal acetylenes is 1. The smallest absolute Gasteiger partial charge is 0.414 e. The molecule has 0 atom stereocenters. The molecular formula is C27H23NO4. The summed E-state index contributed by atoms with van der Waals surface area (Å²) in [5, 5.41) is 0. The summed E-state index contributed by atoms with van der Waals surface area (Å²) < 4.78 is 10.4. The Morgan fingerprint density at radius 2 is 1.62 bits per heavy atom. The number of hydrogen-bond acceptors (Lipinski definition) is 4. The molecule has 0 heterocycles. The fourth-order valence-electron chi connectivity index (χ4n) is 4.09. The molecule has 0 aromatic heterocycles. The second-order valence-corrected chi connectivity index (χ2v) is 7.65. The van der Waals surface area contributed by atoms with Crippen LogP contribution in [0.15, 0.2) is 66.7 Å². The molecule has 0 N–H and O–H groups in total. The normalized spacial score (nSPS) is 11.8. The van der Waals surface area contributed by atoms with Crippen molar-refractivity contribution in [1.82, 2.24) is 0 Å². The second-order valence-electron chi connectivity index (χ2n) is 7.65. The molecular weight excluding hydrogens is 402 g/mol. The van der Waals surface area contributed by atoms with Crippen molar-refractivity contribution in [2.75, 3.05) is 25.7 Å². The number of rotatable bonds is 5. The molecule has 4 rings (SSSR count). The summed E-state index contributed by atoms with van der Waals surface area (Å²) in [6.07, 6.45) is 5.13. The minimum absolute atomic E-state index is 0.0216. The number of methoxy groups -OCH3 is 1. The lowest BCUT2D eigenvalue weighted by Gasteiger charge is -2.20. The summed E-state index contributed by atoms with van der Waals surface area (Å²) >= 11 is 0. The molecule has 0 bridgehead atoms. The summed E-state index contributed by atoms with van der Waals surface area (Å²) in [6.45, 7) is 0.223. The zero-order valence-electron chi connectivity index (χ0n) is 18.0. The van der Waals surface area contributed by atoms with Gasteiger partial charge >= 0.3 is 12.1 Å². The van der Waals surface area contributed by atoms with E-state index in [-0.39, 0.29) is 24.9 Å². The van der Waals surface area contributed by atoms with Crippen molar-refractivity contribution in [3.05, 3.63) is 89.0 Å². The molecule has 3 aromatic rings. The Bertz CT molecular complexity index is 1180. The SMILES string of the molecule is C#Cc1cc(CC(=O)OC)cc(N(C)C(=O)OCC2c3ccccc3-c3ccccc32)c1. The van der Waals surface area contributed by atoms with Gasteiger partial charge in [0, 0.05) is 24.2 Å². The first-order valence-electron chi connectivity index (χ1n) is 10.3. The van der Waals surface area contributed by atoms with Gasteiger partial charge in [-0.1, -0.05) is 54.5 Å². The Morgan fingerprint density at radius 1 is 1.00 bits per heavy atom. The number of ether oxygens (including phenoxy) is 2. The molecule has 5 heteroatoms. The van der Waals surface area contributed by atoms with Gasteiger partial charge in [0.25, 0.3) is 0 Å². The van der Waals surface area contributed by atoms with E-state index in [4.69, 9.17) is 15.9 Å². The van der Waals surface area contributed by atoms with E-state index in [2.05, 4.69) is 30.2 Å². The minimum atomic E-state index is -0.495. The predicted molar refractivity (Wildman–Crippen MR) is 124 cm³/mol. The number of carbonyl (C=O) groups is 2. The standard InChI is InChI=1S/C27H23NO4/c1-4-18-13-19(16-26(29)31-3)15-20(14-18)28(2)27(30)32-17-25-23-11-7-5-9-21(23)22-10-6-8-12-24(22)25/h1,5-15,25H,16-17H2,2-3H3. The van der Waals surface area contributed by atoms with Gasteiger partial charge in [0.2, 0.25) is 0 Å². The van der Waals surface area contributed by atoms with Gasteiger partial charge in [-0.25, -0.2) is 4.79 Å². The van der Waals surface area contributed by atoms with Crippen molar-refractivity contribution >= 4 is 17.7 Å². The van der Waals surface area contributed by atoms with Crippen molar-refractivity contribution < 1.29 is 19.1 Å². The van der Waals surface area contributed by atoms with E-state index >= 15 is 0 Å². The van der Waals surface area contributed by atoms with Crippen LogP contribution in [-0.2, 0) is 20.7 Å². The minimum Gasteiger partial charge on any atom is -0.469 e. The molecule has 0 radical (unpaired) electrons. The number of carbonyl (C=O) groups excluding carboxylic acids is 2. The van der Waals surface area contributed by atoms with Crippen molar-refractivity contribution in [3.63, 3.8) is 0 Å². The third-order valence-corrected chi connectivity index (χ3v) is 5.72. The monoisotopic (exact) mass is 425 g/mol. The van der Waals surface area contributed by atoms with Gasteiger partial charge in [0.05, 0.1) is 13.5 Å². The van der Waals surface area contributed by atoms with E-state index in [0.29, 0.717) is 16.8 Å². The molecule has 0 spiro atoms. The maximum atomic E-state index is 12.9. The van der Waals surface area contributed by atoms with Gasteiger partial charge in [-0.15, -0.1) is 6.42 Å². The number of fused-ring (bicyclic) bond motifs is 3. The predicted octanol–water partition coefficient (Wildman–Crippen LogP) is 4.77. The van der Waals surface area contributed by atoms with Crippen LogP contribution in [-0.4, -0.2) is 32.8 Å². The van der Waals surface area contributed by atoms with Crippen LogP contribution in [0.5, 0.6) is 0 Å². The van der Waals surface area contributed by atoms with Gasteiger partial charge < -0.3 is 9.47 Å². The number of anilines is 1.